The van der Waals surface area contributed by atoms with Crippen LogP contribution in [0.3, 0.4) is 0 Å². The first kappa shape index (κ1) is 11.2. The van der Waals surface area contributed by atoms with E-state index in [1.807, 2.05) is 18.0 Å². The molecule has 0 amide bonds. The maximum absolute atomic E-state index is 11.2. The van der Waals surface area contributed by atoms with Crippen LogP contribution in [0.2, 0.25) is 0 Å². The summed E-state index contributed by atoms with van der Waals surface area (Å²) in [7, 11) is 1.94. The molecule has 4 nitrogen and oxygen atoms in total. The molecule has 0 atom stereocenters. The smallest absolute Gasteiger partial charge is 0.160 e. The number of nitriles is 1. The Hall–Kier alpha value is -0.920. The lowest BCUT2D eigenvalue weighted by Gasteiger charge is -2.30. The van der Waals surface area contributed by atoms with E-state index in [9.17, 15) is 4.79 Å². The number of nitrogens with zero attached hydrogens (tertiary/aromatic N) is 2. The van der Waals surface area contributed by atoms with Crippen molar-refractivity contribution < 1.29 is 9.53 Å². The zero-order chi connectivity index (χ0) is 10.4. The molecule has 0 spiro atoms. The van der Waals surface area contributed by atoms with E-state index < -0.39 is 0 Å². The van der Waals surface area contributed by atoms with Crippen LogP contribution in [0.4, 0.5) is 0 Å². The van der Waals surface area contributed by atoms with Gasteiger partial charge in [-0.3, -0.25) is 9.69 Å². The van der Waals surface area contributed by atoms with Gasteiger partial charge in [0.25, 0.3) is 0 Å². The molecule has 0 aromatic rings. The van der Waals surface area contributed by atoms with E-state index >= 15 is 0 Å². The highest BCUT2D eigenvalue weighted by Crippen LogP contribution is 2.12. The number of ether oxygens (including phenoxy) is 1. The van der Waals surface area contributed by atoms with Crippen molar-refractivity contribution >= 4 is 5.78 Å². The lowest BCUT2D eigenvalue weighted by molar-refractivity contribution is -0.119. The number of carbonyl (C=O) groups is 1. The summed E-state index contributed by atoms with van der Waals surface area (Å²) in [5.74, 6) is 0.00138. The summed E-state index contributed by atoms with van der Waals surface area (Å²) in [6.07, 6.45) is 1.99. The second kappa shape index (κ2) is 5.74. The van der Waals surface area contributed by atoms with Crippen LogP contribution < -0.4 is 0 Å². The summed E-state index contributed by atoms with van der Waals surface area (Å²) in [5, 5.41) is 8.35. The third-order valence-electron chi connectivity index (χ3n) is 2.52. The van der Waals surface area contributed by atoms with Gasteiger partial charge >= 0.3 is 0 Å². The van der Waals surface area contributed by atoms with Crippen LogP contribution in [0, 0.1) is 11.3 Å². The van der Waals surface area contributed by atoms with Crippen molar-refractivity contribution in [3.8, 4) is 6.07 Å². The van der Waals surface area contributed by atoms with E-state index in [0.29, 0.717) is 12.6 Å². The van der Waals surface area contributed by atoms with E-state index in [1.165, 1.54) is 0 Å². The fourth-order valence-electron chi connectivity index (χ4n) is 1.68. The lowest BCUT2D eigenvalue weighted by Crippen LogP contribution is -2.39. The molecule has 0 saturated carbocycles. The Morgan fingerprint density at radius 1 is 1.57 bits per heavy atom. The Kier molecular flexibility index (Phi) is 4.57. The molecule has 0 aliphatic carbocycles. The van der Waals surface area contributed by atoms with E-state index in [1.54, 1.807) is 0 Å². The Morgan fingerprint density at radius 3 is 2.79 bits per heavy atom. The van der Waals surface area contributed by atoms with Crippen LogP contribution in [-0.4, -0.2) is 43.5 Å². The number of likely N-dealkylation sites (N-methyl/N-ethyl adjacent to an activating group) is 1. The van der Waals surface area contributed by atoms with Gasteiger partial charge in [-0.2, -0.15) is 5.26 Å². The molecule has 0 radical (unpaired) electrons. The summed E-state index contributed by atoms with van der Waals surface area (Å²) in [6, 6.07) is 2.31. The molecule has 1 heterocycles. The van der Waals surface area contributed by atoms with Crippen LogP contribution in [-0.2, 0) is 9.53 Å². The molecule has 0 unspecified atom stereocenters. The van der Waals surface area contributed by atoms with Crippen LogP contribution >= 0.6 is 0 Å². The third kappa shape index (κ3) is 3.44. The van der Waals surface area contributed by atoms with Gasteiger partial charge in [0.1, 0.15) is 0 Å². The average Bonchev–Trinajstić information content (AvgIpc) is 2.19. The van der Waals surface area contributed by atoms with Crippen LogP contribution in [0.15, 0.2) is 0 Å². The van der Waals surface area contributed by atoms with Crippen molar-refractivity contribution in [2.24, 2.45) is 0 Å². The molecule has 4 heteroatoms. The van der Waals surface area contributed by atoms with Crippen LogP contribution in [0.5, 0.6) is 0 Å². The van der Waals surface area contributed by atoms with Gasteiger partial charge in [0.15, 0.2) is 5.78 Å². The van der Waals surface area contributed by atoms with Gasteiger partial charge in [0.05, 0.1) is 19.0 Å². The summed E-state index contributed by atoms with van der Waals surface area (Å²) >= 11 is 0. The summed E-state index contributed by atoms with van der Waals surface area (Å²) in [6.45, 7) is 1.95. The predicted molar refractivity (Wildman–Crippen MR) is 51.7 cm³/mol. The van der Waals surface area contributed by atoms with E-state index in [-0.39, 0.29) is 12.2 Å². The SMILES string of the molecule is CN(CC(=O)CC#N)C1CCOCC1. The minimum absolute atomic E-state index is 0.00138. The average molecular weight is 196 g/mol. The molecule has 0 aromatic heterocycles. The molecule has 0 N–H and O–H groups in total. The van der Waals surface area contributed by atoms with Gasteiger partial charge in [0, 0.05) is 19.3 Å². The van der Waals surface area contributed by atoms with E-state index in [0.717, 1.165) is 26.1 Å². The van der Waals surface area contributed by atoms with Crippen molar-refractivity contribution in [3.05, 3.63) is 0 Å². The third-order valence-corrected chi connectivity index (χ3v) is 2.52. The Balaban J connectivity index is 2.29. The minimum atomic E-state index is 0.00138. The Morgan fingerprint density at radius 2 is 2.21 bits per heavy atom. The lowest BCUT2D eigenvalue weighted by atomic mass is 10.1. The first-order valence-corrected chi connectivity index (χ1v) is 4.90. The maximum Gasteiger partial charge on any atom is 0.160 e. The Bertz CT molecular complexity index is 229. The zero-order valence-corrected chi connectivity index (χ0v) is 8.53. The van der Waals surface area contributed by atoms with Crippen molar-refractivity contribution in [1.82, 2.24) is 4.90 Å². The van der Waals surface area contributed by atoms with E-state index in [2.05, 4.69) is 0 Å². The van der Waals surface area contributed by atoms with Crippen molar-refractivity contribution in [2.45, 2.75) is 25.3 Å². The van der Waals surface area contributed by atoms with Gasteiger partial charge in [-0.05, 0) is 19.9 Å². The minimum Gasteiger partial charge on any atom is -0.381 e. The second-order valence-electron chi connectivity index (χ2n) is 3.63. The Labute approximate surface area is 84.4 Å². The van der Waals surface area contributed by atoms with E-state index in [4.69, 9.17) is 10.00 Å². The fourth-order valence-corrected chi connectivity index (χ4v) is 1.68. The highest BCUT2D eigenvalue weighted by molar-refractivity contribution is 5.82. The molecule has 1 aliphatic rings. The predicted octanol–water partition coefficient (Wildman–Crippen LogP) is 0.580. The number of carbonyl (C=O) groups excluding carboxylic acids is 1. The molecule has 1 aliphatic heterocycles. The van der Waals surface area contributed by atoms with Gasteiger partial charge in [-0.15, -0.1) is 0 Å². The van der Waals surface area contributed by atoms with Crippen LogP contribution in [0.1, 0.15) is 19.3 Å². The first-order valence-electron chi connectivity index (χ1n) is 4.90. The highest BCUT2D eigenvalue weighted by atomic mass is 16.5. The molecule has 78 valence electrons. The largest absolute Gasteiger partial charge is 0.381 e. The molecule has 1 rings (SSSR count). The van der Waals surface area contributed by atoms with Gasteiger partial charge in [-0.25, -0.2) is 0 Å². The number of rotatable bonds is 4. The molecule has 0 aromatic carbocycles. The highest BCUT2D eigenvalue weighted by Gasteiger charge is 2.19. The normalized spacial score (nSPS) is 18.1. The molecule has 1 fully saturated rings. The van der Waals surface area contributed by atoms with Gasteiger partial charge in [-0.1, -0.05) is 0 Å². The number of hydrogen-bond acceptors (Lipinski definition) is 4. The quantitative estimate of drug-likeness (QED) is 0.660. The molecule has 14 heavy (non-hydrogen) atoms. The summed E-state index contributed by atoms with van der Waals surface area (Å²) in [5.41, 5.74) is 0. The standard InChI is InChI=1S/C10H16N2O2/c1-12(8-10(13)2-5-11)9-3-6-14-7-4-9/h9H,2-4,6-8H2,1H3. The first-order chi connectivity index (χ1) is 6.74. The number of ketones is 1. The fraction of sp³-hybridized carbons (Fsp3) is 0.800. The zero-order valence-electron chi connectivity index (χ0n) is 8.53. The van der Waals surface area contributed by atoms with Crippen LogP contribution in [0.25, 0.3) is 0 Å². The van der Waals surface area contributed by atoms with Crippen molar-refractivity contribution in [3.63, 3.8) is 0 Å². The molecule has 0 bridgehead atoms. The van der Waals surface area contributed by atoms with Gasteiger partial charge < -0.3 is 4.74 Å². The van der Waals surface area contributed by atoms with Crippen molar-refractivity contribution in [1.29, 1.82) is 5.26 Å². The second-order valence-corrected chi connectivity index (χ2v) is 3.63. The molecular weight excluding hydrogens is 180 g/mol. The topological polar surface area (TPSA) is 53.3 Å². The summed E-state index contributed by atoms with van der Waals surface area (Å²) in [4.78, 5) is 13.2. The number of hydrogen-bond donors (Lipinski definition) is 0. The van der Waals surface area contributed by atoms with Gasteiger partial charge in [0.2, 0.25) is 0 Å². The summed E-state index contributed by atoms with van der Waals surface area (Å²) < 4.78 is 5.24. The number of Topliss-reactive ketones (excluding diaryl/α,β-unsaturated/α-hetero) is 1. The molecule has 1 saturated heterocycles. The van der Waals surface area contributed by atoms with Crippen molar-refractivity contribution in [2.75, 3.05) is 26.8 Å². The molecular formula is C10H16N2O2. The monoisotopic (exact) mass is 196 g/mol. The maximum atomic E-state index is 11.2.